The summed E-state index contributed by atoms with van der Waals surface area (Å²) >= 11 is 0. The molecule has 0 aliphatic heterocycles. The predicted octanol–water partition coefficient (Wildman–Crippen LogP) is 3.41. The summed E-state index contributed by atoms with van der Waals surface area (Å²) in [7, 11) is 0. The van der Waals surface area contributed by atoms with Gasteiger partial charge in [-0.25, -0.2) is 8.78 Å². The number of rotatable bonds is 8. The second-order valence-electron chi connectivity index (χ2n) is 5.43. The van der Waals surface area contributed by atoms with Crippen molar-refractivity contribution < 1.29 is 23.1 Å². The van der Waals surface area contributed by atoms with Crippen LogP contribution in [0.5, 0.6) is 5.75 Å². The fourth-order valence-electron chi connectivity index (χ4n) is 1.92. The molecule has 23 heavy (non-hydrogen) atoms. The maximum atomic E-state index is 14.0. The Morgan fingerprint density at radius 1 is 1.26 bits per heavy atom. The molecule has 1 amide bonds. The third kappa shape index (κ3) is 5.47. The molecule has 1 atom stereocenters. The summed E-state index contributed by atoms with van der Waals surface area (Å²) in [5, 5.41) is 2.42. The average molecular weight is 325 g/mol. The molecule has 126 valence electrons. The van der Waals surface area contributed by atoms with E-state index in [1.165, 1.54) is 6.92 Å². The lowest BCUT2D eigenvalue weighted by molar-refractivity contribution is -0.118. The van der Waals surface area contributed by atoms with Crippen molar-refractivity contribution in [1.29, 1.82) is 0 Å². The minimum atomic E-state index is -0.917. The van der Waals surface area contributed by atoms with Crippen molar-refractivity contribution >= 4 is 11.7 Å². The second kappa shape index (κ2) is 8.41. The fraction of sp³-hybridized carbons (Fsp3) is 0.412. The lowest BCUT2D eigenvalue weighted by Gasteiger charge is -2.16. The van der Waals surface area contributed by atoms with Gasteiger partial charge in [0.1, 0.15) is 12.4 Å². The Morgan fingerprint density at radius 2 is 1.91 bits per heavy atom. The number of ketones is 1. The van der Waals surface area contributed by atoms with Gasteiger partial charge < -0.3 is 10.1 Å². The molecule has 0 saturated carbocycles. The van der Waals surface area contributed by atoms with Crippen molar-refractivity contribution in [2.24, 2.45) is 0 Å². The molecule has 0 aromatic heterocycles. The Morgan fingerprint density at radius 3 is 2.43 bits per heavy atom. The molecule has 0 heterocycles. The van der Waals surface area contributed by atoms with Crippen LogP contribution in [-0.4, -0.2) is 24.3 Å². The van der Waals surface area contributed by atoms with Gasteiger partial charge in [0.2, 0.25) is 0 Å². The second-order valence-corrected chi connectivity index (χ2v) is 5.43. The third-order valence-electron chi connectivity index (χ3n) is 3.11. The zero-order valence-corrected chi connectivity index (χ0v) is 13.5. The summed E-state index contributed by atoms with van der Waals surface area (Å²) in [6.07, 6.45) is 1.11. The van der Waals surface area contributed by atoms with E-state index in [0.717, 1.165) is 12.1 Å². The number of nitrogens with one attached hydrogen (secondary N) is 1. The number of carbonyl (C=O) groups is 2. The van der Waals surface area contributed by atoms with Crippen LogP contribution in [0, 0.1) is 11.6 Å². The van der Waals surface area contributed by atoms with E-state index in [1.807, 2.05) is 6.92 Å². The largest absolute Gasteiger partial charge is 0.486 e. The Hall–Kier alpha value is -2.24. The van der Waals surface area contributed by atoms with Crippen LogP contribution in [0.1, 0.15) is 44.0 Å². The average Bonchev–Trinajstić information content (AvgIpc) is 2.46. The standard InChI is InChI=1S/C17H21F2NO3/c1-5-6-15(11(4)21)20-17(22)12-7-14(19)16(8-13(12)18)23-9-10(2)3/h7-8,15H,2,5-6,9H2,1,3-4H3,(H,20,22). The van der Waals surface area contributed by atoms with Crippen LogP contribution in [-0.2, 0) is 4.79 Å². The highest BCUT2D eigenvalue weighted by Crippen LogP contribution is 2.22. The minimum Gasteiger partial charge on any atom is -0.486 e. The lowest BCUT2D eigenvalue weighted by Crippen LogP contribution is -2.40. The van der Waals surface area contributed by atoms with Crippen molar-refractivity contribution in [1.82, 2.24) is 5.32 Å². The molecule has 6 heteroatoms. The van der Waals surface area contributed by atoms with Gasteiger partial charge in [-0.3, -0.25) is 9.59 Å². The predicted molar refractivity (Wildman–Crippen MR) is 83.5 cm³/mol. The third-order valence-corrected chi connectivity index (χ3v) is 3.11. The zero-order chi connectivity index (χ0) is 17.6. The first-order valence-corrected chi connectivity index (χ1v) is 7.33. The number of hydrogen-bond acceptors (Lipinski definition) is 3. The molecule has 0 spiro atoms. The van der Waals surface area contributed by atoms with Crippen molar-refractivity contribution in [2.45, 2.75) is 39.7 Å². The lowest BCUT2D eigenvalue weighted by atomic mass is 10.1. The first-order chi connectivity index (χ1) is 10.8. The number of hydrogen-bond donors (Lipinski definition) is 1. The first kappa shape index (κ1) is 18.8. The maximum absolute atomic E-state index is 14.0. The molecular formula is C17H21F2NO3. The number of amides is 1. The highest BCUT2D eigenvalue weighted by Gasteiger charge is 2.21. The summed E-state index contributed by atoms with van der Waals surface area (Å²) in [6, 6.07) is 0.867. The van der Waals surface area contributed by atoms with Gasteiger partial charge >= 0.3 is 0 Å². The zero-order valence-electron chi connectivity index (χ0n) is 13.5. The van der Waals surface area contributed by atoms with Crippen molar-refractivity contribution in [3.63, 3.8) is 0 Å². The molecule has 0 fully saturated rings. The van der Waals surface area contributed by atoms with E-state index < -0.39 is 29.1 Å². The van der Waals surface area contributed by atoms with Crippen LogP contribution >= 0.6 is 0 Å². The molecule has 0 bridgehead atoms. The van der Waals surface area contributed by atoms with Crippen LogP contribution in [0.15, 0.2) is 24.3 Å². The molecule has 4 nitrogen and oxygen atoms in total. The van der Waals surface area contributed by atoms with Crippen molar-refractivity contribution in [2.75, 3.05) is 6.61 Å². The van der Waals surface area contributed by atoms with E-state index in [9.17, 15) is 18.4 Å². The normalized spacial score (nSPS) is 11.7. The van der Waals surface area contributed by atoms with E-state index in [4.69, 9.17) is 4.74 Å². The van der Waals surface area contributed by atoms with E-state index in [1.54, 1.807) is 6.92 Å². The van der Waals surface area contributed by atoms with E-state index in [0.29, 0.717) is 18.4 Å². The van der Waals surface area contributed by atoms with Gasteiger partial charge in [-0.2, -0.15) is 0 Å². The minimum absolute atomic E-state index is 0.0464. The first-order valence-electron chi connectivity index (χ1n) is 7.33. The van der Waals surface area contributed by atoms with Gasteiger partial charge in [0.05, 0.1) is 11.6 Å². The highest BCUT2D eigenvalue weighted by molar-refractivity contribution is 5.97. The van der Waals surface area contributed by atoms with Crippen LogP contribution < -0.4 is 10.1 Å². The van der Waals surface area contributed by atoms with Gasteiger partial charge in [0.25, 0.3) is 5.91 Å². The molecule has 1 aromatic carbocycles. The summed E-state index contributed by atoms with van der Waals surface area (Å²) in [4.78, 5) is 23.5. The van der Waals surface area contributed by atoms with Gasteiger partial charge in [-0.05, 0) is 31.9 Å². The van der Waals surface area contributed by atoms with E-state index in [-0.39, 0.29) is 18.1 Å². The van der Waals surface area contributed by atoms with Gasteiger partial charge in [0.15, 0.2) is 17.3 Å². The number of benzene rings is 1. The van der Waals surface area contributed by atoms with E-state index >= 15 is 0 Å². The number of ether oxygens (including phenoxy) is 1. The summed E-state index contributed by atoms with van der Waals surface area (Å²) in [5.74, 6) is -3.13. The number of carbonyl (C=O) groups excluding carboxylic acids is 2. The van der Waals surface area contributed by atoms with Crippen LogP contribution in [0.4, 0.5) is 8.78 Å². The molecule has 1 aromatic rings. The van der Waals surface area contributed by atoms with Crippen LogP contribution in [0.25, 0.3) is 0 Å². The molecule has 1 rings (SSSR count). The summed E-state index contributed by atoms with van der Waals surface area (Å²) in [6.45, 7) is 8.53. The van der Waals surface area contributed by atoms with Crippen molar-refractivity contribution in [3.8, 4) is 5.75 Å². The topological polar surface area (TPSA) is 55.4 Å². The molecular weight excluding hydrogens is 304 g/mol. The molecule has 0 aliphatic rings. The Kier molecular flexibility index (Phi) is 6.88. The number of halogens is 2. The smallest absolute Gasteiger partial charge is 0.254 e. The van der Waals surface area contributed by atoms with E-state index in [2.05, 4.69) is 11.9 Å². The Balaban J connectivity index is 2.95. The number of Topliss-reactive ketones (excluding diaryl/α,β-unsaturated/α-hetero) is 1. The SMILES string of the molecule is C=C(C)COc1cc(F)c(C(=O)NC(CCC)C(C)=O)cc1F. The molecule has 1 unspecified atom stereocenters. The summed E-state index contributed by atoms with van der Waals surface area (Å²) < 4.78 is 33.0. The molecule has 0 radical (unpaired) electrons. The maximum Gasteiger partial charge on any atom is 0.254 e. The van der Waals surface area contributed by atoms with Gasteiger partial charge in [-0.1, -0.05) is 19.9 Å². The van der Waals surface area contributed by atoms with Crippen molar-refractivity contribution in [3.05, 3.63) is 41.5 Å². The quantitative estimate of drug-likeness (QED) is 0.745. The molecule has 0 saturated heterocycles. The fourth-order valence-corrected chi connectivity index (χ4v) is 1.92. The summed E-state index contributed by atoms with van der Waals surface area (Å²) in [5.41, 5.74) is 0.183. The Bertz CT molecular complexity index is 614. The highest BCUT2D eigenvalue weighted by atomic mass is 19.1. The molecule has 1 N–H and O–H groups in total. The Labute approximate surface area is 134 Å². The van der Waals surface area contributed by atoms with Crippen LogP contribution in [0.3, 0.4) is 0 Å². The van der Waals surface area contributed by atoms with Crippen LogP contribution in [0.2, 0.25) is 0 Å². The van der Waals surface area contributed by atoms with Gasteiger partial charge in [0, 0.05) is 6.07 Å². The van der Waals surface area contributed by atoms with Gasteiger partial charge in [-0.15, -0.1) is 0 Å². The monoisotopic (exact) mass is 325 g/mol. The molecule has 0 aliphatic carbocycles.